The predicted octanol–water partition coefficient (Wildman–Crippen LogP) is 3.31. The number of carbonyl (C=O) groups is 2. The van der Waals surface area contributed by atoms with Gasteiger partial charge in [0.05, 0.1) is 17.7 Å². The van der Waals surface area contributed by atoms with E-state index in [4.69, 9.17) is 10.5 Å². The van der Waals surface area contributed by atoms with Crippen LogP contribution < -0.4 is 11.1 Å². The van der Waals surface area contributed by atoms with Gasteiger partial charge in [-0.3, -0.25) is 4.79 Å². The predicted molar refractivity (Wildman–Crippen MR) is 85.1 cm³/mol. The summed E-state index contributed by atoms with van der Waals surface area (Å²) in [7, 11) is 1.32. The molecule has 0 amide bonds. The summed E-state index contributed by atoms with van der Waals surface area (Å²) in [6.45, 7) is 2.59. The van der Waals surface area contributed by atoms with E-state index in [2.05, 4.69) is 5.32 Å². The second kappa shape index (κ2) is 6.93. The van der Waals surface area contributed by atoms with Gasteiger partial charge >= 0.3 is 5.97 Å². The molecular weight excluding hydrogens is 288 g/mol. The number of rotatable bonds is 6. The summed E-state index contributed by atoms with van der Waals surface area (Å²) >= 11 is 1.26. The van der Waals surface area contributed by atoms with Crippen LogP contribution in [0.15, 0.2) is 0 Å². The zero-order valence-electron chi connectivity index (χ0n) is 12.5. The molecule has 0 spiro atoms. The Morgan fingerprint density at radius 2 is 2.05 bits per heavy atom. The molecule has 1 aliphatic rings. The van der Waals surface area contributed by atoms with E-state index in [0.717, 1.165) is 6.54 Å². The second-order valence-electron chi connectivity index (χ2n) is 5.35. The van der Waals surface area contributed by atoms with Crippen LogP contribution in [-0.4, -0.2) is 25.4 Å². The molecule has 1 saturated carbocycles. The number of ketones is 1. The fourth-order valence-electron chi connectivity index (χ4n) is 2.69. The summed E-state index contributed by atoms with van der Waals surface area (Å²) in [5, 5.41) is 3.95. The minimum atomic E-state index is -0.493. The average Bonchev–Trinajstić information content (AvgIpc) is 3.11. The van der Waals surface area contributed by atoms with Gasteiger partial charge in [-0.15, -0.1) is 11.3 Å². The lowest BCUT2D eigenvalue weighted by atomic mass is 10.1. The molecule has 1 aromatic rings. The van der Waals surface area contributed by atoms with Crippen LogP contribution in [0.2, 0.25) is 0 Å². The maximum absolute atomic E-state index is 11.9. The van der Waals surface area contributed by atoms with Gasteiger partial charge in [0.2, 0.25) is 0 Å². The van der Waals surface area contributed by atoms with Gasteiger partial charge in [0.15, 0.2) is 5.78 Å². The molecule has 21 heavy (non-hydrogen) atoms. The lowest BCUT2D eigenvalue weighted by Gasteiger charge is -2.11. The first kappa shape index (κ1) is 15.8. The van der Waals surface area contributed by atoms with Crippen LogP contribution in [0, 0.1) is 5.92 Å². The highest BCUT2D eigenvalue weighted by Crippen LogP contribution is 2.37. The number of esters is 1. The van der Waals surface area contributed by atoms with Gasteiger partial charge in [0.25, 0.3) is 0 Å². The van der Waals surface area contributed by atoms with Crippen LogP contribution >= 0.6 is 11.3 Å². The van der Waals surface area contributed by atoms with Crippen molar-refractivity contribution in [3.63, 3.8) is 0 Å². The van der Waals surface area contributed by atoms with Crippen molar-refractivity contribution >= 4 is 33.8 Å². The highest BCUT2D eigenvalue weighted by molar-refractivity contribution is 7.19. The van der Waals surface area contributed by atoms with Crippen LogP contribution in [0.25, 0.3) is 0 Å². The molecule has 116 valence electrons. The Morgan fingerprint density at radius 3 is 2.62 bits per heavy atom. The normalized spacial score (nSPS) is 15.1. The zero-order valence-corrected chi connectivity index (χ0v) is 13.3. The summed E-state index contributed by atoms with van der Waals surface area (Å²) in [5.41, 5.74) is 6.54. The minimum Gasteiger partial charge on any atom is -0.465 e. The largest absolute Gasteiger partial charge is 0.465 e. The lowest BCUT2D eigenvalue weighted by molar-refractivity contribution is 0.0603. The van der Waals surface area contributed by atoms with E-state index in [-0.39, 0.29) is 11.5 Å². The van der Waals surface area contributed by atoms with E-state index in [1.54, 1.807) is 6.92 Å². The SMILES string of the molecule is CCC(=O)c1sc(NCC2CCCC2)c(C(=O)OC)c1N. The smallest absolute Gasteiger partial charge is 0.343 e. The highest BCUT2D eigenvalue weighted by atomic mass is 32.1. The standard InChI is InChI=1S/C15H22N2O3S/c1-3-10(18)13-12(16)11(15(19)20-2)14(21-13)17-8-9-6-4-5-7-9/h9,17H,3-8,16H2,1-2H3. The summed E-state index contributed by atoms with van der Waals surface area (Å²) in [6, 6.07) is 0. The number of nitrogens with two attached hydrogens (primary N) is 1. The summed E-state index contributed by atoms with van der Waals surface area (Å²) in [4.78, 5) is 24.3. The van der Waals surface area contributed by atoms with Gasteiger partial charge in [0.1, 0.15) is 10.6 Å². The van der Waals surface area contributed by atoms with Crippen LogP contribution in [0.1, 0.15) is 59.1 Å². The van der Waals surface area contributed by atoms with Gasteiger partial charge in [0, 0.05) is 13.0 Å². The number of hydrogen-bond donors (Lipinski definition) is 2. The monoisotopic (exact) mass is 310 g/mol. The number of thiophene rings is 1. The van der Waals surface area contributed by atoms with Gasteiger partial charge in [-0.05, 0) is 18.8 Å². The molecule has 3 N–H and O–H groups in total. The quantitative estimate of drug-likeness (QED) is 0.622. The van der Waals surface area contributed by atoms with Crippen molar-refractivity contribution in [2.75, 3.05) is 24.7 Å². The molecule has 1 heterocycles. The molecular formula is C15H22N2O3S. The summed E-state index contributed by atoms with van der Waals surface area (Å²) in [5.74, 6) is 0.0912. The van der Waals surface area contributed by atoms with E-state index in [1.807, 2.05) is 0 Å². The van der Waals surface area contributed by atoms with E-state index in [1.165, 1.54) is 44.1 Å². The number of methoxy groups -OCH3 is 1. The van der Waals surface area contributed by atoms with Crippen molar-refractivity contribution in [1.29, 1.82) is 0 Å². The second-order valence-corrected chi connectivity index (χ2v) is 6.37. The van der Waals surface area contributed by atoms with E-state index < -0.39 is 5.97 Å². The zero-order chi connectivity index (χ0) is 15.4. The number of nitrogen functional groups attached to an aromatic ring is 1. The molecule has 5 nitrogen and oxygen atoms in total. The minimum absolute atomic E-state index is 0.0448. The number of Topliss-reactive ketones (excluding diaryl/α,β-unsaturated/α-hetero) is 1. The van der Waals surface area contributed by atoms with Crippen molar-refractivity contribution in [1.82, 2.24) is 0 Å². The fraction of sp³-hybridized carbons (Fsp3) is 0.600. The first-order chi connectivity index (χ1) is 10.1. The number of anilines is 2. The first-order valence-corrected chi connectivity index (χ1v) is 8.17. The molecule has 0 aliphatic heterocycles. The Kier molecular flexibility index (Phi) is 5.22. The third-order valence-corrected chi connectivity index (χ3v) is 5.14. The molecule has 0 atom stereocenters. The first-order valence-electron chi connectivity index (χ1n) is 7.36. The molecule has 0 saturated heterocycles. The highest BCUT2D eigenvalue weighted by Gasteiger charge is 2.26. The molecule has 1 aliphatic carbocycles. The van der Waals surface area contributed by atoms with Crippen LogP contribution in [0.4, 0.5) is 10.7 Å². The van der Waals surface area contributed by atoms with Crippen molar-refractivity contribution in [3.8, 4) is 0 Å². The Balaban J connectivity index is 2.24. The summed E-state index contributed by atoms with van der Waals surface area (Å²) in [6.07, 6.45) is 5.32. The molecule has 0 bridgehead atoms. The van der Waals surface area contributed by atoms with E-state index in [9.17, 15) is 9.59 Å². The number of hydrogen-bond acceptors (Lipinski definition) is 6. The van der Waals surface area contributed by atoms with Crippen molar-refractivity contribution < 1.29 is 14.3 Å². The fourth-order valence-corrected chi connectivity index (χ4v) is 3.82. The van der Waals surface area contributed by atoms with Crippen LogP contribution in [-0.2, 0) is 4.74 Å². The number of ether oxygens (including phenoxy) is 1. The third-order valence-electron chi connectivity index (χ3n) is 3.94. The molecule has 6 heteroatoms. The Bertz CT molecular complexity index is 533. The topological polar surface area (TPSA) is 81.4 Å². The van der Waals surface area contributed by atoms with Gasteiger partial charge < -0.3 is 15.8 Å². The maximum Gasteiger partial charge on any atom is 0.343 e. The summed E-state index contributed by atoms with van der Waals surface area (Å²) < 4.78 is 4.79. The molecule has 0 aromatic carbocycles. The van der Waals surface area contributed by atoms with E-state index >= 15 is 0 Å². The van der Waals surface area contributed by atoms with Gasteiger partial charge in [-0.2, -0.15) is 0 Å². The van der Waals surface area contributed by atoms with Crippen molar-refractivity contribution in [3.05, 3.63) is 10.4 Å². The number of nitrogens with one attached hydrogen (secondary N) is 1. The van der Waals surface area contributed by atoms with Gasteiger partial charge in [-0.25, -0.2) is 4.79 Å². The van der Waals surface area contributed by atoms with Crippen molar-refractivity contribution in [2.24, 2.45) is 5.92 Å². The molecule has 2 rings (SSSR count). The number of carbonyl (C=O) groups excluding carboxylic acids is 2. The maximum atomic E-state index is 11.9. The Hall–Kier alpha value is -1.56. The average molecular weight is 310 g/mol. The molecule has 1 aromatic heterocycles. The van der Waals surface area contributed by atoms with E-state index in [0.29, 0.717) is 27.8 Å². The van der Waals surface area contributed by atoms with Gasteiger partial charge in [-0.1, -0.05) is 19.8 Å². The van der Waals surface area contributed by atoms with Crippen LogP contribution in [0.3, 0.4) is 0 Å². The molecule has 0 unspecified atom stereocenters. The molecule has 1 fully saturated rings. The Morgan fingerprint density at radius 1 is 1.38 bits per heavy atom. The molecule has 0 radical (unpaired) electrons. The Labute approximate surface area is 128 Å². The van der Waals surface area contributed by atoms with Crippen LogP contribution in [0.5, 0.6) is 0 Å². The third kappa shape index (κ3) is 3.37. The van der Waals surface area contributed by atoms with Crippen molar-refractivity contribution in [2.45, 2.75) is 39.0 Å². The lowest BCUT2D eigenvalue weighted by Crippen LogP contribution is -2.13.